The van der Waals surface area contributed by atoms with E-state index in [1.165, 1.54) is 13.2 Å². The summed E-state index contributed by atoms with van der Waals surface area (Å²) >= 11 is 0. The predicted molar refractivity (Wildman–Crippen MR) is 65.7 cm³/mol. The molecule has 104 valence electrons. The van der Waals surface area contributed by atoms with Crippen LogP contribution in [-0.4, -0.2) is 19.3 Å². The van der Waals surface area contributed by atoms with E-state index in [1.807, 2.05) is 6.92 Å². The predicted octanol–water partition coefficient (Wildman–Crippen LogP) is 3.41. The topological polar surface area (TPSA) is 45.0 Å². The van der Waals surface area contributed by atoms with Crippen LogP contribution < -0.4 is 5.32 Å². The Morgan fingerprint density at radius 2 is 1.95 bits per heavy atom. The van der Waals surface area contributed by atoms with E-state index in [2.05, 4.69) is 5.32 Å². The van der Waals surface area contributed by atoms with E-state index < -0.39 is 11.7 Å². The minimum absolute atomic E-state index is 0.148. The Balaban J connectivity index is 3.03. The highest BCUT2D eigenvalue weighted by molar-refractivity contribution is 5.53. The summed E-state index contributed by atoms with van der Waals surface area (Å²) in [6.45, 7) is 3.62. The van der Waals surface area contributed by atoms with Crippen molar-refractivity contribution < 1.29 is 17.9 Å². The monoisotopic (exact) mass is 272 g/mol. The van der Waals surface area contributed by atoms with E-state index in [0.29, 0.717) is 5.69 Å². The van der Waals surface area contributed by atoms with E-state index in [0.717, 1.165) is 12.1 Å². The Labute approximate surface area is 110 Å². The highest BCUT2D eigenvalue weighted by Gasteiger charge is 2.34. The van der Waals surface area contributed by atoms with Crippen LogP contribution >= 0.6 is 0 Å². The molecule has 0 spiro atoms. The first kappa shape index (κ1) is 15.3. The molecule has 0 amide bonds. The van der Waals surface area contributed by atoms with Gasteiger partial charge in [0.2, 0.25) is 0 Å². The second-order valence-corrected chi connectivity index (χ2v) is 4.24. The number of methoxy groups -OCH3 is 1. The lowest BCUT2D eigenvalue weighted by atomic mass is 10.1. The van der Waals surface area contributed by atoms with Crippen LogP contribution in [0.5, 0.6) is 0 Å². The fourth-order valence-corrected chi connectivity index (χ4v) is 1.55. The van der Waals surface area contributed by atoms with E-state index in [9.17, 15) is 13.2 Å². The molecule has 0 saturated heterocycles. The van der Waals surface area contributed by atoms with Crippen molar-refractivity contribution in [1.29, 1.82) is 5.26 Å². The van der Waals surface area contributed by atoms with Crippen molar-refractivity contribution >= 4 is 5.69 Å². The maximum absolute atomic E-state index is 12.8. The zero-order chi connectivity index (χ0) is 14.6. The second-order valence-electron chi connectivity index (χ2n) is 4.24. The zero-order valence-corrected chi connectivity index (χ0v) is 10.9. The second kappa shape index (κ2) is 5.93. The molecule has 0 aromatic heterocycles. The smallest absolute Gasteiger partial charge is 0.380 e. The first-order chi connectivity index (χ1) is 8.79. The number of ether oxygens (including phenoxy) is 1. The van der Waals surface area contributed by atoms with Crippen LogP contribution in [-0.2, 0) is 10.9 Å². The van der Waals surface area contributed by atoms with Gasteiger partial charge in [0.15, 0.2) is 0 Å². The van der Waals surface area contributed by atoms with Gasteiger partial charge in [0, 0.05) is 18.8 Å². The van der Waals surface area contributed by atoms with Gasteiger partial charge in [-0.05, 0) is 32.0 Å². The van der Waals surface area contributed by atoms with Crippen LogP contribution in [0.15, 0.2) is 18.2 Å². The number of hydrogen-bond donors (Lipinski definition) is 1. The van der Waals surface area contributed by atoms with Crippen molar-refractivity contribution in [3.8, 4) is 6.07 Å². The first-order valence-electron chi connectivity index (χ1n) is 5.70. The van der Waals surface area contributed by atoms with Crippen molar-refractivity contribution in [2.75, 3.05) is 12.4 Å². The largest absolute Gasteiger partial charge is 0.417 e. The van der Waals surface area contributed by atoms with E-state index >= 15 is 0 Å². The summed E-state index contributed by atoms with van der Waals surface area (Å²) in [7, 11) is 1.53. The minimum atomic E-state index is -4.54. The molecule has 1 N–H and O–H groups in total. The summed E-state index contributed by atoms with van der Waals surface area (Å²) in [5.74, 6) is 0. The number of hydrogen-bond acceptors (Lipinski definition) is 3. The number of benzene rings is 1. The van der Waals surface area contributed by atoms with Crippen LogP contribution in [0.25, 0.3) is 0 Å². The number of nitrogens with one attached hydrogen (secondary N) is 1. The fourth-order valence-electron chi connectivity index (χ4n) is 1.55. The molecule has 6 heteroatoms. The van der Waals surface area contributed by atoms with Crippen molar-refractivity contribution in [3.63, 3.8) is 0 Å². The molecule has 1 rings (SSSR count). The van der Waals surface area contributed by atoms with Crippen LogP contribution in [0, 0.1) is 11.3 Å². The molecule has 19 heavy (non-hydrogen) atoms. The highest BCUT2D eigenvalue weighted by atomic mass is 19.4. The Kier molecular flexibility index (Phi) is 4.78. The lowest BCUT2D eigenvalue weighted by Gasteiger charge is -2.21. The molecule has 1 aromatic carbocycles. The quantitative estimate of drug-likeness (QED) is 0.913. The van der Waals surface area contributed by atoms with E-state index in [4.69, 9.17) is 10.00 Å². The number of rotatable bonds is 4. The molecule has 2 unspecified atom stereocenters. The van der Waals surface area contributed by atoms with Crippen molar-refractivity contribution in [2.24, 2.45) is 0 Å². The lowest BCUT2D eigenvalue weighted by Crippen LogP contribution is -2.29. The summed E-state index contributed by atoms with van der Waals surface area (Å²) in [4.78, 5) is 0. The third-order valence-corrected chi connectivity index (χ3v) is 2.92. The maximum atomic E-state index is 12.8. The normalized spacial score (nSPS) is 14.6. The van der Waals surface area contributed by atoms with E-state index in [-0.39, 0.29) is 17.7 Å². The molecule has 0 radical (unpaired) electrons. The van der Waals surface area contributed by atoms with Crippen molar-refractivity contribution in [1.82, 2.24) is 0 Å². The van der Waals surface area contributed by atoms with Gasteiger partial charge < -0.3 is 10.1 Å². The third kappa shape index (κ3) is 3.86. The molecular formula is C13H15F3N2O. The molecule has 0 bridgehead atoms. The van der Waals surface area contributed by atoms with Crippen LogP contribution in [0.3, 0.4) is 0 Å². The molecule has 0 saturated carbocycles. The Morgan fingerprint density at radius 3 is 2.42 bits per heavy atom. The highest BCUT2D eigenvalue weighted by Crippen LogP contribution is 2.33. The molecule has 0 aliphatic heterocycles. The number of nitrogens with zero attached hydrogens (tertiary/aromatic N) is 1. The Morgan fingerprint density at radius 1 is 1.32 bits per heavy atom. The first-order valence-corrected chi connectivity index (χ1v) is 5.70. The fraction of sp³-hybridized carbons (Fsp3) is 0.462. The lowest BCUT2D eigenvalue weighted by molar-refractivity contribution is -0.137. The molecule has 0 aliphatic carbocycles. The molecule has 1 aromatic rings. The molecular weight excluding hydrogens is 257 g/mol. The summed E-state index contributed by atoms with van der Waals surface area (Å²) in [6.07, 6.45) is -4.69. The molecule has 0 aliphatic rings. The maximum Gasteiger partial charge on any atom is 0.417 e. The number of nitriles is 1. The standard InChI is InChI=1S/C13H15F3N2O/c1-8(9(2)19-3)18-11-5-4-10(7-17)12(6-11)13(14,15)16/h4-6,8-9,18H,1-3H3. The Hall–Kier alpha value is -1.74. The third-order valence-electron chi connectivity index (χ3n) is 2.92. The van der Waals surface area contributed by atoms with Gasteiger partial charge in [0.25, 0.3) is 0 Å². The van der Waals surface area contributed by atoms with Crippen molar-refractivity contribution in [2.45, 2.75) is 32.2 Å². The Bertz CT molecular complexity index is 480. The average molecular weight is 272 g/mol. The van der Waals surface area contributed by atoms with Gasteiger partial charge >= 0.3 is 6.18 Å². The summed E-state index contributed by atoms with van der Waals surface area (Å²) < 4.78 is 43.4. The number of halogens is 3. The van der Waals surface area contributed by atoms with Gasteiger partial charge in [-0.3, -0.25) is 0 Å². The molecule has 3 nitrogen and oxygen atoms in total. The van der Waals surface area contributed by atoms with Gasteiger partial charge in [-0.25, -0.2) is 0 Å². The summed E-state index contributed by atoms with van der Waals surface area (Å²) in [5, 5.41) is 11.6. The average Bonchev–Trinajstić information content (AvgIpc) is 2.36. The summed E-state index contributed by atoms with van der Waals surface area (Å²) in [6, 6.07) is 4.95. The zero-order valence-electron chi connectivity index (χ0n) is 10.9. The molecule has 2 atom stereocenters. The summed E-state index contributed by atoms with van der Waals surface area (Å²) in [5.41, 5.74) is -1.01. The van der Waals surface area contributed by atoms with Gasteiger partial charge in [0.1, 0.15) is 0 Å². The van der Waals surface area contributed by atoms with Gasteiger partial charge in [-0.2, -0.15) is 18.4 Å². The molecule has 0 fully saturated rings. The van der Waals surface area contributed by atoms with Crippen molar-refractivity contribution in [3.05, 3.63) is 29.3 Å². The minimum Gasteiger partial charge on any atom is -0.380 e. The van der Waals surface area contributed by atoms with Gasteiger partial charge in [-0.15, -0.1) is 0 Å². The van der Waals surface area contributed by atoms with Gasteiger partial charge in [0.05, 0.1) is 23.3 Å². The van der Waals surface area contributed by atoms with Gasteiger partial charge in [-0.1, -0.05) is 0 Å². The van der Waals surface area contributed by atoms with Crippen LogP contribution in [0.4, 0.5) is 18.9 Å². The number of alkyl halides is 3. The van der Waals surface area contributed by atoms with E-state index in [1.54, 1.807) is 13.0 Å². The SMILES string of the molecule is COC(C)C(C)Nc1ccc(C#N)c(C(F)(F)F)c1. The molecule has 0 heterocycles. The number of anilines is 1. The van der Waals surface area contributed by atoms with Crippen LogP contribution in [0.2, 0.25) is 0 Å². The van der Waals surface area contributed by atoms with Crippen LogP contribution in [0.1, 0.15) is 25.0 Å².